The second-order valence-electron chi connectivity index (χ2n) is 8.73. The standard InChI is InChI=1S/C18H30F8/c1-7-13(3,4)9-15(19,20)10-16(21,22)11-17(23,24)12-18(25,26)14(5,6)8-2/h7-12H2,1-6H3. The van der Waals surface area contributed by atoms with Gasteiger partial charge in [0, 0.05) is 11.8 Å². The van der Waals surface area contributed by atoms with Crippen molar-refractivity contribution < 1.29 is 35.1 Å². The molecule has 0 aliphatic carbocycles. The first-order chi connectivity index (χ1) is 11.2. The summed E-state index contributed by atoms with van der Waals surface area (Å²) >= 11 is 0. The lowest BCUT2D eigenvalue weighted by molar-refractivity contribution is -0.204. The minimum atomic E-state index is -4.46. The third-order valence-corrected chi connectivity index (χ3v) is 5.08. The van der Waals surface area contributed by atoms with Crippen molar-refractivity contribution in [2.45, 2.75) is 104 Å². The van der Waals surface area contributed by atoms with Crippen LogP contribution in [0, 0.1) is 10.8 Å². The van der Waals surface area contributed by atoms with Gasteiger partial charge in [-0.25, -0.2) is 35.1 Å². The summed E-state index contributed by atoms with van der Waals surface area (Å²) in [6, 6.07) is 0. The van der Waals surface area contributed by atoms with E-state index >= 15 is 0 Å². The van der Waals surface area contributed by atoms with E-state index in [-0.39, 0.29) is 6.42 Å². The van der Waals surface area contributed by atoms with Crippen molar-refractivity contribution in [3.63, 3.8) is 0 Å². The lowest BCUT2D eigenvalue weighted by atomic mass is 9.79. The van der Waals surface area contributed by atoms with Gasteiger partial charge in [0.15, 0.2) is 0 Å². The molecule has 0 saturated carbocycles. The first kappa shape index (κ1) is 25.4. The van der Waals surface area contributed by atoms with Crippen molar-refractivity contribution in [1.82, 2.24) is 0 Å². The highest BCUT2D eigenvalue weighted by molar-refractivity contribution is 4.92. The highest BCUT2D eigenvalue weighted by Gasteiger charge is 2.56. The summed E-state index contributed by atoms with van der Waals surface area (Å²) in [7, 11) is 0. The first-order valence-corrected chi connectivity index (χ1v) is 8.71. The summed E-state index contributed by atoms with van der Waals surface area (Å²) in [6.07, 6.45) is -7.24. The Morgan fingerprint density at radius 3 is 1.19 bits per heavy atom. The van der Waals surface area contributed by atoms with Gasteiger partial charge in [-0.2, -0.15) is 0 Å². The topological polar surface area (TPSA) is 0 Å². The molecule has 0 spiro atoms. The van der Waals surface area contributed by atoms with Crippen LogP contribution in [0.1, 0.15) is 80.1 Å². The Bertz CT molecular complexity index is 452. The van der Waals surface area contributed by atoms with E-state index in [0.29, 0.717) is 6.42 Å². The van der Waals surface area contributed by atoms with Crippen LogP contribution in [0.25, 0.3) is 0 Å². The summed E-state index contributed by atoms with van der Waals surface area (Å²) in [5, 5.41) is 0. The normalized spacial score (nSPS) is 15.5. The zero-order valence-electron chi connectivity index (χ0n) is 16.3. The van der Waals surface area contributed by atoms with Crippen LogP contribution in [0.5, 0.6) is 0 Å². The van der Waals surface area contributed by atoms with Crippen molar-refractivity contribution in [2.75, 3.05) is 0 Å². The summed E-state index contributed by atoms with van der Waals surface area (Å²) in [6.45, 7) is 8.02. The zero-order valence-corrected chi connectivity index (χ0v) is 16.3. The molecule has 0 N–H and O–H groups in total. The van der Waals surface area contributed by atoms with Gasteiger partial charge in [-0.1, -0.05) is 48.0 Å². The highest BCUT2D eigenvalue weighted by atomic mass is 19.3. The Balaban J connectivity index is 5.17. The van der Waals surface area contributed by atoms with Gasteiger partial charge in [-0.3, -0.25) is 0 Å². The van der Waals surface area contributed by atoms with Gasteiger partial charge < -0.3 is 0 Å². The van der Waals surface area contributed by atoms with E-state index in [9.17, 15) is 35.1 Å². The molecule has 26 heavy (non-hydrogen) atoms. The van der Waals surface area contributed by atoms with E-state index in [2.05, 4.69) is 0 Å². The van der Waals surface area contributed by atoms with E-state index in [1.165, 1.54) is 20.8 Å². The van der Waals surface area contributed by atoms with Gasteiger partial charge in [-0.05, 0) is 11.8 Å². The predicted molar refractivity (Wildman–Crippen MR) is 86.4 cm³/mol. The van der Waals surface area contributed by atoms with Crippen molar-refractivity contribution in [3.05, 3.63) is 0 Å². The monoisotopic (exact) mass is 398 g/mol. The Morgan fingerprint density at radius 2 is 0.846 bits per heavy atom. The van der Waals surface area contributed by atoms with Crippen molar-refractivity contribution in [3.8, 4) is 0 Å². The molecule has 0 aromatic carbocycles. The smallest absolute Gasteiger partial charge is 0.207 e. The molecule has 0 heterocycles. The van der Waals surface area contributed by atoms with Gasteiger partial charge >= 0.3 is 0 Å². The number of halogens is 8. The molecule has 0 aliphatic heterocycles. The summed E-state index contributed by atoms with van der Waals surface area (Å²) in [4.78, 5) is 0. The first-order valence-electron chi connectivity index (χ1n) is 8.71. The third-order valence-electron chi connectivity index (χ3n) is 5.08. The van der Waals surface area contributed by atoms with Crippen molar-refractivity contribution in [1.29, 1.82) is 0 Å². The number of rotatable bonds is 11. The Morgan fingerprint density at radius 1 is 0.500 bits per heavy atom. The summed E-state index contributed by atoms with van der Waals surface area (Å²) < 4.78 is 111. The van der Waals surface area contributed by atoms with E-state index in [1.807, 2.05) is 0 Å². The maximum absolute atomic E-state index is 14.0. The molecule has 8 heteroatoms. The Labute approximate surface area is 150 Å². The predicted octanol–water partition coefficient (Wildman–Crippen LogP) is 7.96. The van der Waals surface area contributed by atoms with Crippen LogP contribution in [0.4, 0.5) is 35.1 Å². The molecule has 0 bridgehead atoms. The fraction of sp³-hybridized carbons (Fsp3) is 1.00. The van der Waals surface area contributed by atoms with Gasteiger partial charge in [0.05, 0.1) is 19.3 Å². The summed E-state index contributed by atoms with van der Waals surface area (Å²) in [5.74, 6) is -16.7. The molecule has 0 aromatic heterocycles. The van der Waals surface area contributed by atoms with E-state index in [4.69, 9.17) is 0 Å². The van der Waals surface area contributed by atoms with Crippen molar-refractivity contribution >= 4 is 0 Å². The minimum absolute atomic E-state index is 0.142. The molecule has 0 rings (SSSR count). The molecule has 0 unspecified atom stereocenters. The van der Waals surface area contributed by atoms with Crippen LogP contribution in [-0.2, 0) is 0 Å². The van der Waals surface area contributed by atoms with E-state index < -0.39 is 60.2 Å². The molecule has 0 nitrogen and oxygen atoms in total. The SMILES string of the molecule is CCC(C)(C)CC(F)(F)CC(F)(F)CC(F)(F)CC(F)(F)C(C)(C)CC. The number of hydrogen-bond acceptors (Lipinski definition) is 0. The van der Waals surface area contributed by atoms with E-state index in [1.54, 1.807) is 6.92 Å². The number of hydrogen-bond donors (Lipinski definition) is 0. The number of alkyl halides is 8. The van der Waals surface area contributed by atoms with Crippen LogP contribution < -0.4 is 0 Å². The molecule has 158 valence electrons. The lowest BCUT2D eigenvalue weighted by Gasteiger charge is -2.36. The molecule has 0 radical (unpaired) electrons. The molecule has 0 atom stereocenters. The maximum Gasteiger partial charge on any atom is 0.259 e. The molecule has 0 saturated heterocycles. The van der Waals surface area contributed by atoms with Gasteiger partial charge in [0.2, 0.25) is 0 Å². The molecule has 0 fully saturated rings. The van der Waals surface area contributed by atoms with Crippen LogP contribution in [-0.4, -0.2) is 23.7 Å². The van der Waals surface area contributed by atoms with Crippen LogP contribution in [0.15, 0.2) is 0 Å². The zero-order chi connectivity index (χ0) is 21.2. The largest absolute Gasteiger partial charge is 0.259 e. The van der Waals surface area contributed by atoms with E-state index in [0.717, 1.165) is 13.8 Å². The third kappa shape index (κ3) is 7.99. The second-order valence-corrected chi connectivity index (χ2v) is 8.73. The summed E-state index contributed by atoms with van der Waals surface area (Å²) in [5.41, 5.74) is -2.76. The van der Waals surface area contributed by atoms with Crippen LogP contribution >= 0.6 is 0 Å². The molecular formula is C18H30F8. The average Bonchev–Trinajstić information content (AvgIpc) is 2.32. The Hall–Kier alpha value is -0.560. The van der Waals surface area contributed by atoms with Gasteiger partial charge in [-0.15, -0.1) is 0 Å². The minimum Gasteiger partial charge on any atom is -0.207 e. The second kappa shape index (κ2) is 7.82. The molecule has 0 aromatic rings. The van der Waals surface area contributed by atoms with Gasteiger partial charge in [0.1, 0.15) is 0 Å². The lowest BCUT2D eigenvalue weighted by Crippen LogP contribution is -2.44. The van der Waals surface area contributed by atoms with Crippen molar-refractivity contribution in [2.24, 2.45) is 10.8 Å². The quantitative estimate of drug-likeness (QED) is 0.310. The van der Waals surface area contributed by atoms with Gasteiger partial charge in [0.25, 0.3) is 23.7 Å². The van der Waals surface area contributed by atoms with Crippen LogP contribution in [0.2, 0.25) is 0 Å². The fourth-order valence-corrected chi connectivity index (χ4v) is 2.59. The van der Waals surface area contributed by atoms with Crippen LogP contribution in [0.3, 0.4) is 0 Å². The maximum atomic E-state index is 14.0. The Kier molecular flexibility index (Phi) is 7.65. The average molecular weight is 398 g/mol. The fourth-order valence-electron chi connectivity index (χ4n) is 2.59. The molecular weight excluding hydrogens is 368 g/mol. The highest BCUT2D eigenvalue weighted by Crippen LogP contribution is 2.49. The molecule has 0 amide bonds. The molecule has 0 aliphatic rings.